The van der Waals surface area contributed by atoms with Crippen LogP contribution in [0.4, 0.5) is 21.6 Å². The van der Waals surface area contributed by atoms with E-state index in [4.69, 9.17) is 0 Å². The Bertz CT molecular complexity index is 1550. The van der Waals surface area contributed by atoms with Crippen molar-refractivity contribution in [1.29, 1.82) is 0 Å². The van der Waals surface area contributed by atoms with Crippen molar-refractivity contribution in [3.63, 3.8) is 0 Å². The van der Waals surface area contributed by atoms with E-state index < -0.39 is 22.7 Å². The van der Waals surface area contributed by atoms with Crippen molar-refractivity contribution in [1.82, 2.24) is 24.9 Å². The summed E-state index contributed by atoms with van der Waals surface area (Å²) in [6, 6.07) is 7.75. The number of aliphatic hydroxyl groups is 1. The number of H-pyrrole nitrogens is 1. The van der Waals surface area contributed by atoms with Gasteiger partial charge in [-0.05, 0) is 54.6 Å². The standard InChI is InChI=1S/C26H26FN7O3S/c1-33-8-9-34-15(13-33)11-24(32-34)28-20-12-18(30-31-25(20)36)14-2-4-17(27)19(10-14)29-26(37)23-6-3-16-21(35)5-7-22(16)38-23/h2-4,6,10-12,21,23,35H,5,7-9,13H2,1H3,(H,29,37)(H,31,36)(H,28,30,32). The van der Waals surface area contributed by atoms with E-state index >= 15 is 0 Å². The minimum absolute atomic E-state index is 0.0149. The number of amides is 1. The predicted octanol–water partition coefficient (Wildman–Crippen LogP) is 2.98. The third-order valence-corrected chi connectivity index (χ3v) is 8.23. The van der Waals surface area contributed by atoms with Crippen LogP contribution in [-0.2, 0) is 17.9 Å². The van der Waals surface area contributed by atoms with Gasteiger partial charge in [-0.3, -0.25) is 19.2 Å². The van der Waals surface area contributed by atoms with Crippen LogP contribution in [0.1, 0.15) is 18.5 Å². The number of thioether (sulfide) groups is 1. The number of benzene rings is 1. The molecule has 1 aromatic carbocycles. The molecule has 2 atom stereocenters. The molecule has 0 bridgehead atoms. The van der Waals surface area contributed by atoms with Gasteiger partial charge in [-0.2, -0.15) is 10.2 Å². The first-order chi connectivity index (χ1) is 18.3. The van der Waals surface area contributed by atoms with Gasteiger partial charge in [0.2, 0.25) is 5.91 Å². The van der Waals surface area contributed by atoms with Crippen LogP contribution in [0, 0.1) is 5.82 Å². The number of aromatic nitrogens is 4. The number of nitrogens with one attached hydrogen (secondary N) is 3. The van der Waals surface area contributed by atoms with Gasteiger partial charge >= 0.3 is 0 Å². The van der Waals surface area contributed by atoms with Crippen LogP contribution in [0.2, 0.25) is 0 Å². The molecule has 10 nitrogen and oxygen atoms in total. The van der Waals surface area contributed by atoms with E-state index in [1.807, 2.05) is 17.8 Å². The molecule has 3 aliphatic rings. The van der Waals surface area contributed by atoms with Crippen molar-refractivity contribution in [2.45, 2.75) is 37.3 Å². The average Bonchev–Trinajstić information content (AvgIpc) is 3.48. The fourth-order valence-electron chi connectivity index (χ4n) is 4.84. The van der Waals surface area contributed by atoms with E-state index in [9.17, 15) is 19.1 Å². The van der Waals surface area contributed by atoms with Gasteiger partial charge in [-0.25, -0.2) is 9.49 Å². The zero-order valence-electron chi connectivity index (χ0n) is 20.6. The number of aromatic amines is 1. The molecular weight excluding hydrogens is 509 g/mol. The van der Waals surface area contributed by atoms with Gasteiger partial charge in [-0.1, -0.05) is 12.2 Å². The zero-order valence-corrected chi connectivity index (χ0v) is 21.4. The molecule has 3 aromatic rings. The van der Waals surface area contributed by atoms with E-state index in [0.717, 1.165) is 42.2 Å². The summed E-state index contributed by atoms with van der Waals surface area (Å²) in [6.07, 6.45) is 4.40. The Morgan fingerprint density at radius 2 is 2.11 bits per heavy atom. The van der Waals surface area contributed by atoms with Crippen LogP contribution in [0.3, 0.4) is 0 Å². The number of likely N-dealkylation sites (N-methyl/N-ethyl adjacent to an activating group) is 1. The maximum Gasteiger partial charge on any atom is 0.287 e. The fraction of sp³-hybridized carbons (Fsp3) is 0.308. The smallest absolute Gasteiger partial charge is 0.287 e. The van der Waals surface area contributed by atoms with Gasteiger partial charge in [0.05, 0.1) is 29.7 Å². The lowest BCUT2D eigenvalue weighted by Gasteiger charge is -2.22. The highest BCUT2D eigenvalue weighted by Crippen LogP contribution is 2.41. The molecule has 196 valence electrons. The molecule has 0 spiro atoms. The number of aliphatic hydroxyl groups excluding tert-OH is 1. The number of carbonyl (C=O) groups excluding carboxylic acids is 1. The third kappa shape index (κ3) is 4.77. The molecule has 0 saturated carbocycles. The van der Waals surface area contributed by atoms with E-state index in [1.165, 1.54) is 30.0 Å². The average molecular weight is 536 g/mol. The van der Waals surface area contributed by atoms with Crippen molar-refractivity contribution < 1.29 is 14.3 Å². The SMILES string of the molecule is CN1CCn2nc(Nc3cc(-c4ccc(F)c(NC(=O)C5C=CC6=C(CCC6O)S5)c4)n[nH]c3=O)cc2C1. The molecule has 1 aliphatic carbocycles. The Balaban J connectivity index is 1.20. The molecule has 6 rings (SSSR count). The molecule has 1 amide bonds. The summed E-state index contributed by atoms with van der Waals surface area (Å²) in [5.41, 5.74) is 2.67. The minimum atomic E-state index is -0.584. The van der Waals surface area contributed by atoms with Gasteiger partial charge < -0.3 is 15.7 Å². The summed E-state index contributed by atoms with van der Waals surface area (Å²) in [5.74, 6) is -0.392. The number of halogens is 1. The second-order valence-electron chi connectivity index (χ2n) is 9.62. The van der Waals surface area contributed by atoms with Crippen LogP contribution in [0.25, 0.3) is 11.3 Å². The Morgan fingerprint density at radius 3 is 2.97 bits per heavy atom. The van der Waals surface area contributed by atoms with E-state index in [2.05, 4.69) is 30.8 Å². The molecule has 0 radical (unpaired) electrons. The lowest BCUT2D eigenvalue weighted by molar-refractivity contribution is -0.115. The number of rotatable bonds is 5. The summed E-state index contributed by atoms with van der Waals surface area (Å²) in [7, 11) is 2.04. The van der Waals surface area contributed by atoms with E-state index in [0.29, 0.717) is 23.5 Å². The second-order valence-corrected chi connectivity index (χ2v) is 10.9. The van der Waals surface area contributed by atoms with Crippen molar-refractivity contribution in [2.24, 2.45) is 0 Å². The zero-order chi connectivity index (χ0) is 26.4. The molecule has 4 N–H and O–H groups in total. The number of fused-ring (bicyclic) bond motifs is 1. The quantitative estimate of drug-likeness (QED) is 0.393. The van der Waals surface area contributed by atoms with Crippen molar-refractivity contribution in [3.05, 3.63) is 74.8 Å². The van der Waals surface area contributed by atoms with E-state index in [1.54, 1.807) is 18.2 Å². The lowest BCUT2D eigenvalue weighted by atomic mass is 10.1. The highest BCUT2D eigenvalue weighted by Gasteiger charge is 2.30. The lowest BCUT2D eigenvalue weighted by Crippen LogP contribution is -2.30. The molecule has 2 aromatic heterocycles. The van der Waals surface area contributed by atoms with Crippen LogP contribution in [0.15, 0.2) is 57.8 Å². The van der Waals surface area contributed by atoms with Gasteiger partial charge in [0.1, 0.15) is 16.8 Å². The second kappa shape index (κ2) is 9.86. The number of anilines is 3. The van der Waals surface area contributed by atoms with Gasteiger partial charge in [0.25, 0.3) is 5.56 Å². The maximum absolute atomic E-state index is 14.7. The van der Waals surface area contributed by atoms with Crippen LogP contribution in [-0.4, -0.2) is 60.8 Å². The van der Waals surface area contributed by atoms with Crippen LogP contribution in [0.5, 0.6) is 0 Å². The topological polar surface area (TPSA) is 128 Å². The summed E-state index contributed by atoms with van der Waals surface area (Å²) in [5, 5.41) is 26.4. The molecule has 0 fully saturated rings. The van der Waals surface area contributed by atoms with Gasteiger partial charge in [0.15, 0.2) is 5.82 Å². The molecule has 2 unspecified atom stereocenters. The number of hydrogen-bond acceptors (Lipinski definition) is 8. The van der Waals surface area contributed by atoms with Crippen LogP contribution < -0.4 is 16.2 Å². The monoisotopic (exact) mass is 535 g/mol. The van der Waals surface area contributed by atoms with Gasteiger partial charge in [0, 0.05) is 24.7 Å². The molecular formula is C26H26FN7O3S. The molecule has 2 aliphatic heterocycles. The Kier molecular flexibility index (Phi) is 6.38. The first kappa shape index (κ1) is 24.6. The van der Waals surface area contributed by atoms with Crippen molar-refractivity contribution in [3.8, 4) is 11.3 Å². The summed E-state index contributed by atoms with van der Waals surface area (Å²) >= 11 is 1.38. The van der Waals surface area contributed by atoms with Crippen molar-refractivity contribution in [2.75, 3.05) is 24.2 Å². The number of carbonyl (C=O) groups is 1. The first-order valence-electron chi connectivity index (χ1n) is 12.3. The molecule has 12 heteroatoms. The highest BCUT2D eigenvalue weighted by atomic mass is 32.2. The normalized spacial score (nSPS) is 20.8. The minimum Gasteiger partial charge on any atom is -0.388 e. The predicted molar refractivity (Wildman–Crippen MR) is 144 cm³/mol. The van der Waals surface area contributed by atoms with Crippen molar-refractivity contribution >= 4 is 34.9 Å². The Morgan fingerprint density at radius 1 is 1.24 bits per heavy atom. The molecule has 4 heterocycles. The number of allylic oxidation sites excluding steroid dienone is 1. The molecule has 38 heavy (non-hydrogen) atoms. The first-order valence-corrected chi connectivity index (χ1v) is 13.2. The fourth-order valence-corrected chi connectivity index (χ4v) is 6.04. The number of hydrogen-bond donors (Lipinski definition) is 4. The Labute approximate surface area is 221 Å². The number of nitrogens with zero attached hydrogens (tertiary/aromatic N) is 4. The largest absolute Gasteiger partial charge is 0.388 e. The highest BCUT2D eigenvalue weighted by molar-refractivity contribution is 8.04. The third-order valence-electron chi connectivity index (χ3n) is 6.88. The maximum atomic E-state index is 14.7. The summed E-state index contributed by atoms with van der Waals surface area (Å²) < 4.78 is 16.6. The summed E-state index contributed by atoms with van der Waals surface area (Å²) in [4.78, 5) is 28.6. The summed E-state index contributed by atoms with van der Waals surface area (Å²) in [6.45, 7) is 2.44. The van der Waals surface area contributed by atoms with Crippen LogP contribution >= 0.6 is 11.8 Å². The van der Waals surface area contributed by atoms with E-state index in [-0.39, 0.29) is 17.3 Å². The Hall–Kier alpha value is -3.74. The molecule has 0 saturated heterocycles. The van der Waals surface area contributed by atoms with Gasteiger partial charge in [-0.15, -0.1) is 11.8 Å².